The normalized spacial score (nSPS) is 20.8. The average molecular weight is 436 g/mol. The molecule has 0 aliphatic carbocycles. The van der Waals surface area contributed by atoms with E-state index < -0.39 is 10.0 Å². The van der Waals surface area contributed by atoms with Crippen LogP contribution in [0.15, 0.2) is 55.7 Å². The summed E-state index contributed by atoms with van der Waals surface area (Å²) in [6, 6.07) is 10.9. The van der Waals surface area contributed by atoms with Crippen LogP contribution in [0.4, 0.5) is 0 Å². The van der Waals surface area contributed by atoms with Gasteiger partial charge in [-0.1, -0.05) is 17.8 Å². The number of fused-ring (bicyclic) bond motifs is 1. The SMILES string of the molecule is COc1cccc(Sc2ccc(S(=O)(=O)N3CC(C)OC(C)C3)c3nonc23)c1. The first-order valence-corrected chi connectivity index (χ1v) is 11.4. The van der Waals surface area contributed by atoms with E-state index >= 15 is 0 Å². The zero-order valence-electron chi connectivity index (χ0n) is 16.2. The van der Waals surface area contributed by atoms with Crippen molar-refractivity contribution in [2.45, 2.75) is 40.7 Å². The Bertz CT molecular complexity index is 1120. The van der Waals surface area contributed by atoms with E-state index in [1.807, 2.05) is 38.1 Å². The van der Waals surface area contributed by atoms with Crippen LogP contribution in [0.3, 0.4) is 0 Å². The predicted octanol–water partition coefficient (Wildman–Crippen LogP) is 3.18. The molecule has 2 aromatic carbocycles. The first-order chi connectivity index (χ1) is 13.9. The highest BCUT2D eigenvalue weighted by Gasteiger charge is 2.34. The van der Waals surface area contributed by atoms with Gasteiger partial charge in [-0.3, -0.25) is 0 Å². The van der Waals surface area contributed by atoms with Crippen LogP contribution in [0.2, 0.25) is 0 Å². The molecule has 0 bridgehead atoms. The molecule has 1 aromatic heterocycles. The summed E-state index contributed by atoms with van der Waals surface area (Å²) in [5.74, 6) is 0.735. The molecule has 1 aliphatic heterocycles. The monoisotopic (exact) mass is 435 g/mol. The molecule has 29 heavy (non-hydrogen) atoms. The van der Waals surface area contributed by atoms with Crippen LogP contribution >= 0.6 is 11.8 Å². The Hall–Kier alpha value is -2.14. The number of benzene rings is 2. The van der Waals surface area contributed by atoms with Gasteiger partial charge in [0.05, 0.1) is 19.3 Å². The average Bonchev–Trinajstić information content (AvgIpc) is 3.17. The summed E-state index contributed by atoms with van der Waals surface area (Å²) in [7, 11) is -2.16. The largest absolute Gasteiger partial charge is 0.497 e. The topological polar surface area (TPSA) is 94.8 Å². The summed E-state index contributed by atoms with van der Waals surface area (Å²) >= 11 is 1.44. The number of morpholine rings is 1. The number of methoxy groups -OCH3 is 1. The van der Waals surface area contributed by atoms with Gasteiger partial charge < -0.3 is 9.47 Å². The Balaban J connectivity index is 1.71. The van der Waals surface area contributed by atoms with Crippen molar-refractivity contribution in [1.29, 1.82) is 0 Å². The zero-order chi connectivity index (χ0) is 20.6. The van der Waals surface area contributed by atoms with Crippen LogP contribution in [0.1, 0.15) is 13.8 Å². The lowest BCUT2D eigenvalue weighted by Gasteiger charge is -2.34. The fourth-order valence-electron chi connectivity index (χ4n) is 3.37. The Morgan fingerprint density at radius 1 is 1.10 bits per heavy atom. The highest BCUT2D eigenvalue weighted by molar-refractivity contribution is 7.99. The quantitative estimate of drug-likeness (QED) is 0.603. The van der Waals surface area contributed by atoms with E-state index in [4.69, 9.17) is 14.1 Å². The Kier molecular flexibility index (Phi) is 5.52. The van der Waals surface area contributed by atoms with Crippen molar-refractivity contribution in [1.82, 2.24) is 14.6 Å². The van der Waals surface area contributed by atoms with Crippen molar-refractivity contribution in [3.63, 3.8) is 0 Å². The van der Waals surface area contributed by atoms with Gasteiger partial charge in [0.1, 0.15) is 10.6 Å². The molecular weight excluding hydrogens is 414 g/mol. The lowest BCUT2D eigenvalue weighted by Crippen LogP contribution is -2.48. The third-order valence-electron chi connectivity index (χ3n) is 4.61. The Morgan fingerprint density at radius 3 is 2.55 bits per heavy atom. The molecule has 4 rings (SSSR count). The molecule has 3 aromatic rings. The Morgan fingerprint density at radius 2 is 1.83 bits per heavy atom. The number of hydrogen-bond donors (Lipinski definition) is 0. The number of aromatic nitrogens is 2. The van der Waals surface area contributed by atoms with Crippen molar-refractivity contribution >= 4 is 32.8 Å². The molecular formula is C19H21N3O5S2. The van der Waals surface area contributed by atoms with Crippen molar-refractivity contribution in [3.05, 3.63) is 36.4 Å². The molecule has 2 heterocycles. The second-order valence-electron chi connectivity index (χ2n) is 6.88. The van der Waals surface area contributed by atoms with E-state index in [-0.39, 0.29) is 22.6 Å². The molecule has 1 aliphatic rings. The molecule has 2 atom stereocenters. The number of nitrogens with zero attached hydrogens (tertiary/aromatic N) is 3. The molecule has 2 unspecified atom stereocenters. The summed E-state index contributed by atoms with van der Waals surface area (Å²) in [6.45, 7) is 4.30. The molecule has 0 saturated carbocycles. The minimum absolute atomic E-state index is 0.0880. The number of sulfonamides is 1. The standard InChI is InChI=1S/C19H21N3O5S2/c1-12-10-22(11-13(2)26-12)29(23,24)17-8-7-16(18-19(17)21-27-20-18)28-15-6-4-5-14(9-15)25-3/h4-9,12-13H,10-11H2,1-3H3. The van der Waals surface area contributed by atoms with Crippen LogP contribution in [-0.4, -0.2) is 55.4 Å². The van der Waals surface area contributed by atoms with E-state index in [1.165, 1.54) is 16.1 Å². The van der Waals surface area contributed by atoms with E-state index in [2.05, 4.69) is 10.3 Å². The summed E-state index contributed by atoms with van der Waals surface area (Å²) in [5.41, 5.74) is 0.637. The van der Waals surface area contributed by atoms with Gasteiger partial charge >= 0.3 is 0 Å². The van der Waals surface area contributed by atoms with E-state index in [9.17, 15) is 8.42 Å². The molecule has 8 nitrogen and oxygen atoms in total. The second-order valence-corrected chi connectivity index (χ2v) is 9.91. The van der Waals surface area contributed by atoms with E-state index in [0.717, 1.165) is 15.5 Å². The molecule has 0 amide bonds. The van der Waals surface area contributed by atoms with Gasteiger partial charge in [-0.15, -0.1) is 0 Å². The van der Waals surface area contributed by atoms with Crippen LogP contribution in [-0.2, 0) is 14.8 Å². The van der Waals surface area contributed by atoms with Crippen molar-refractivity contribution in [2.75, 3.05) is 20.2 Å². The Labute approximate surface area is 173 Å². The van der Waals surface area contributed by atoms with Gasteiger partial charge in [0.25, 0.3) is 0 Å². The minimum atomic E-state index is -3.76. The van der Waals surface area contributed by atoms with Gasteiger partial charge in [-0.2, -0.15) is 4.31 Å². The third-order valence-corrected chi connectivity index (χ3v) is 7.52. The first kappa shape index (κ1) is 20.1. The number of hydrogen-bond acceptors (Lipinski definition) is 8. The van der Waals surface area contributed by atoms with Crippen LogP contribution in [0, 0.1) is 0 Å². The molecule has 10 heteroatoms. The summed E-state index contributed by atoms with van der Waals surface area (Å²) < 4.78 is 43.8. The van der Waals surface area contributed by atoms with Crippen LogP contribution in [0.25, 0.3) is 11.0 Å². The fraction of sp³-hybridized carbons (Fsp3) is 0.368. The van der Waals surface area contributed by atoms with Crippen molar-refractivity contribution in [3.8, 4) is 5.75 Å². The second kappa shape index (κ2) is 7.94. The molecule has 154 valence electrons. The summed E-state index contributed by atoms with van der Waals surface area (Å²) in [5, 5.41) is 7.85. The highest BCUT2D eigenvalue weighted by Crippen LogP contribution is 2.36. The lowest BCUT2D eigenvalue weighted by molar-refractivity contribution is -0.0440. The molecule has 0 spiro atoms. The van der Waals surface area contributed by atoms with Crippen molar-refractivity contribution in [2.24, 2.45) is 0 Å². The van der Waals surface area contributed by atoms with Gasteiger partial charge in [0.15, 0.2) is 11.0 Å². The zero-order valence-corrected chi connectivity index (χ0v) is 17.9. The molecule has 1 saturated heterocycles. The van der Waals surface area contributed by atoms with Gasteiger partial charge in [-0.25, -0.2) is 13.0 Å². The van der Waals surface area contributed by atoms with Gasteiger partial charge in [0, 0.05) is 22.9 Å². The van der Waals surface area contributed by atoms with Crippen molar-refractivity contribution < 1.29 is 22.5 Å². The fourth-order valence-corrected chi connectivity index (χ4v) is 6.02. The van der Waals surface area contributed by atoms with E-state index in [1.54, 1.807) is 19.2 Å². The van der Waals surface area contributed by atoms with Crippen LogP contribution in [0.5, 0.6) is 5.75 Å². The van der Waals surface area contributed by atoms with Gasteiger partial charge in [-0.05, 0) is 54.5 Å². The van der Waals surface area contributed by atoms with E-state index in [0.29, 0.717) is 18.6 Å². The highest BCUT2D eigenvalue weighted by atomic mass is 32.2. The summed E-state index contributed by atoms with van der Waals surface area (Å²) in [6.07, 6.45) is -0.357. The lowest BCUT2D eigenvalue weighted by atomic mass is 10.3. The predicted molar refractivity (Wildman–Crippen MR) is 108 cm³/mol. The van der Waals surface area contributed by atoms with Crippen LogP contribution < -0.4 is 4.74 Å². The maximum absolute atomic E-state index is 13.3. The number of ether oxygens (including phenoxy) is 2. The minimum Gasteiger partial charge on any atom is -0.497 e. The molecule has 0 radical (unpaired) electrons. The maximum Gasteiger partial charge on any atom is 0.245 e. The summed E-state index contributed by atoms with van der Waals surface area (Å²) in [4.78, 5) is 1.77. The molecule has 0 N–H and O–H groups in total. The first-order valence-electron chi connectivity index (χ1n) is 9.11. The maximum atomic E-state index is 13.3. The van der Waals surface area contributed by atoms with Gasteiger partial charge in [0.2, 0.25) is 10.0 Å². The molecule has 1 fully saturated rings. The third kappa shape index (κ3) is 3.97. The number of rotatable bonds is 5. The smallest absolute Gasteiger partial charge is 0.245 e.